The molecule has 1 amide bonds. The van der Waals surface area contributed by atoms with Crippen LogP contribution in [0.15, 0.2) is 29.3 Å². The second-order valence-electron chi connectivity index (χ2n) is 5.32. The van der Waals surface area contributed by atoms with Gasteiger partial charge in [-0.15, -0.1) is 0 Å². The van der Waals surface area contributed by atoms with Gasteiger partial charge in [-0.05, 0) is 25.8 Å². The summed E-state index contributed by atoms with van der Waals surface area (Å²) in [6, 6.07) is 7.87. The highest BCUT2D eigenvalue weighted by Crippen LogP contribution is 2.24. The first-order valence-electron chi connectivity index (χ1n) is 7.47. The number of carbonyl (C=O) groups excluding carboxylic acids is 1. The number of rotatable bonds is 5. The lowest BCUT2D eigenvalue weighted by molar-refractivity contribution is -0.119. The lowest BCUT2D eigenvalue weighted by Gasteiger charge is -2.11. The molecule has 0 spiro atoms. The summed E-state index contributed by atoms with van der Waals surface area (Å²) in [5.74, 6) is 1.09. The van der Waals surface area contributed by atoms with Crippen LogP contribution in [0.4, 0.5) is 0 Å². The standard InChI is InChI=1S/C16H19N3O2S/c1-11-18-14-7-3-2-6-13(14)16(19-11)22-10-15(20)17-9-12-5-4-8-21-12/h2-3,6-7,12H,4-5,8-10H2,1H3,(H,17,20)/t12-/m0/s1. The number of aromatic nitrogens is 2. The lowest BCUT2D eigenvalue weighted by Crippen LogP contribution is -2.32. The van der Waals surface area contributed by atoms with E-state index in [2.05, 4.69) is 15.3 Å². The smallest absolute Gasteiger partial charge is 0.230 e. The van der Waals surface area contributed by atoms with Crippen molar-refractivity contribution in [2.24, 2.45) is 0 Å². The van der Waals surface area contributed by atoms with Crippen molar-refractivity contribution in [1.82, 2.24) is 15.3 Å². The van der Waals surface area contributed by atoms with Crippen LogP contribution >= 0.6 is 11.8 Å². The molecule has 0 saturated carbocycles. The number of thioether (sulfide) groups is 1. The maximum atomic E-state index is 12.0. The van der Waals surface area contributed by atoms with Crippen LogP contribution in [0.2, 0.25) is 0 Å². The predicted molar refractivity (Wildman–Crippen MR) is 87.0 cm³/mol. The largest absolute Gasteiger partial charge is 0.376 e. The molecule has 1 N–H and O–H groups in total. The van der Waals surface area contributed by atoms with Gasteiger partial charge in [0.1, 0.15) is 10.9 Å². The zero-order valence-corrected chi connectivity index (χ0v) is 13.4. The van der Waals surface area contributed by atoms with Crippen molar-refractivity contribution in [3.63, 3.8) is 0 Å². The molecule has 1 atom stereocenters. The van der Waals surface area contributed by atoms with Crippen LogP contribution in [0.25, 0.3) is 10.9 Å². The minimum Gasteiger partial charge on any atom is -0.376 e. The summed E-state index contributed by atoms with van der Waals surface area (Å²) < 4.78 is 5.50. The van der Waals surface area contributed by atoms with Crippen molar-refractivity contribution in [1.29, 1.82) is 0 Å². The Kier molecular flexibility index (Phi) is 4.90. The number of aryl methyl sites for hydroxylation is 1. The lowest BCUT2D eigenvalue weighted by atomic mass is 10.2. The van der Waals surface area contributed by atoms with Crippen molar-refractivity contribution in [2.45, 2.75) is 30.9 Å². The average molecular weight is 317 g/mol. The summed E-state index contributed by atoms with van der Waals surface area (Å²) >= 11 is 1.45. The third kappa shape index (κ3) is 3.75. The molecule has 5 nitrogen and oxygen atoms in total. The van der Waals surface area contributed by atoms with Crippen LogP contribution in [-0.4, -0.2) is 40.9 Å². The number of benzene rings is 1. The van der Waals surface area contributed by atoms with E-state index in [9.17, 15) is 4.79 Å². The maximum absolute atomic E-state index is 12.0. The molecule has 0 unspecified atom stereocenters. The highest BCUT2D eigenvalue weighted by molar-refractivity contribution is 8.00. The summed E-state index contributed by atoms with van der Waals surface area (Å²) in [4.78, 5) is 20.8. The quantitative estimate of drug-likeness (QED) is 0.677. The molecular weight excluding hydrogens is 298 g/mol. The first-order valence-corrected chi connectivity index (χ1v) is 8.45. The Morgan fingerprint density at radius 3 is 3.09 bits per heavy atom. The minimum absolute atomic E-state index is 0.0147. The summed E-state index contributed by atoms with van der Waals surface area (Å²) in [7, 11) is 0. The SMILES string of the molecule is Cc1nc(SCC(=O)NC[C@@H]2CCCO2)c2ccccc2n1. The molecule has 2 heterocycles. The van der Waals surface area contributed by atoms with Gasteiger partial charge in [0.05, 0.1) is 17.4 Å². The van der Waals surface area contributed by atoms with Crippen molar-refractivity contribution in [2.75, 3.05) is 18.9 Å². The van der Waals surface area contributed by atoms with Crippen LogP contribution in [0, 0.1) is 6.92 Å². The number of nitrogens with zero attached hydrogens (tertiary/aromatic N) is 2. The van der Waals surface area contributed by atoms with E-state index in [0.29, 0.717) is 12.3 Å². The summed E-state index contributed by atoms with van der Waals surface area (Å²) in [6.07, 6.45) is 2.29. The molecule has 1 aliphatic heterocycles. The summed E-state index contributed by atoms with van der Waals surface area (Å²) in [6.45, 7) is 3.28. The van der Waals surface area contributed by atoms with Gasteiger partial charge in [0, 0.05) is 18.5 Å². The highest BCUT2D eigenvalue weighted by atomic mass is 32.2. The molecular formula is C16H19N3O2S. The molecule has 0 bridgehead atoms. The Morgan fingerprint density at radius 2 is 2.27 bits per heavy atom. The van der Waals surface area contributed by atoms with E-state index < -0.39 is 0 Å². The molecule has 1 fully saturated rings. The van der Waals surface area contributed by atoms with E-state index in [1.807, 2.05) is 31.2 Å². The number of para-hydroxylation sites is 1. The Hall–Kier alpha value is -1.66. The van der Waals surface area contributed by atoms with Gasteiger partial charge >= 0.3 is 0 Å². The van der Waals surface area contributed by atoms with Gasteiger partial charge in [0.15, 0.2) is 0 Å². The minimum atomic E-state index is 0.0147. The van der Waals surface area contributed by atoms with Crippen molar-refractivity contribution in [3.8, 4) is 0 Å². The number of ether oxygens (including phenoxy) is 1. The number of amides is 1. The first-order chi connectivity index (χ1) is 10.7. The Morgan fingerprint density at radius 1 is 1.41 bits per heavy atom. The maximum Gasteiger partial charge on any atom is 0.230 e. The number of nitrogens with one attached hydrogen (secondary N) is 1. The zero-order chi connectivity index (χ0) is 15.4. The molecule has 6 heteroatoms. The predicted octanol–water partition coefficient (Wildman–Crippen LogP) is 2.33. The van der Waals surface area contributed by atoms with Crippen LogP contribution < -0.4 is 5.32 Å². The monoisotopic (exact) mass is 317 g/mol. The Balaban J connectivity index is 1.59. The molecule has 1 saturated heterocycles. The topological polar surface area (TPSA) is 64.1 Å². The molecule has 3 rings (SSSR count). The van der Waals surface area contributed by atoms with Gasteiger partial charge in [-0.3, -0.25) is 4.79 Å². The van der Waals surface area contributed by atoms with Gasteiger partial charge in [-0.2, -0.15) is 0 Å². The third-order valence-corrected chi connectivity index (χ3v) is 4.56. The zero-order valence-electron chi connectivity index (χ0n) is 12.5. The number of fused-ring (bicyclic) bond motifs is 1. The van der Waals surface area contributed by atoms with E-state index in [1.54, 1.807) is 0 Å². The molecule has 0 aliphatic carbocycles. The molecule has 2 aromatic rings. The van der Waals surface area contributed by atoms with Crippen LogP contribution in [0.3, 0.4) is 0 Å². The molecule has 1 aliphatic rings. The number of hydrogen-bond donors (Lipinski definition) is 1. The first kappa shape index (κ1) is 15.2. The number of carbonyl (C=O) groups is 1. The summed E-state index contributed by atoms with van der Waals surface area (Å²) in [5, 5.41) is 4.78. The van der Waals surface area contributed by atoms with Gasteiger partial charge < -0.3 is 10.1 Å². The highest BCUT2D eigenvalue weighted by Gasteiger charge is 2.16. The van der Waals surface area contributed by atoms with Gasteiger partial charge in [0.2, 0.25) is 5.91 Å². The molecule has 116 valence electrons. The van der Waals surface area contributed by atoms with Crippen molar-refractivity contribution >= 4 is 28.6 Å². The fourth-order valence-corrected chi connectivity index (χ4v) is 3.38. The van der Waals surface area contributed by atoms with E-state index >= 15 is 0 Å². The molecule has 22 heavy (non-hydrogen) atoms. The summed E-state index contributed by atoms with van der Waals surface area (Å²) in [5.41, 5.74) is 0.914. The second kappa shape index (κ2) is 7.07. The van der Waals surface area contributed by atoms with Gasteiger partial charge in [0.25, 0.3) is 0 Å². The normalized spacial score (nSPS) is 17.8. The molecule has 1 aromatic heterocycles. The van der Waals surface area contributed by atoms with E-state index in [1.165, 1.54) is 11.8 Å². The van der Waals surface area contributed by atoms with Crippen molar-refractivity contribution in [3.05, 3.63) is 30.1 Å². The Bertz CT molecular complexity index is 671. The van der Waals surface area contributed by atoms with Crippen LogP contribution in [0.1, 0.15) is 18.7 Å². The van der Waals surface area contributed by atoms with Gasteiger partial charge in [-0.1, -0.05) is 30.0 Å². The van der Waals surface area contributed by atoms with Crippen LogP contribution in [-0.2, 0) is 9.53 Å². The van der Waals surface area contributed by atoms with E-state index in [0.717, 1.165) is 41.2 Å². The average Bonchev–Trinajstić information content (AvgIpc) is 3.04. The third-order valence-electron chi connectivity index (χ3n) is 3.57. The molecule has 0 radical (unpaired) electrons. The van der Waals surface area contributed by atoms with E-state index in [-0.39, 0.29) is 12.0 Å². The fraction of sp³-hybridized carbons (Fsp3) is 0.438. The second-order valence-corrected chi connectivity index (χ2v) is 6.28. The van der Waals surface area contributed by atoms with Gasteiger partial charge in [-0.25, -0.2) is 9.97 Å². The van der Waals surface area contributed by atoms with E-state index in [4.69, 9.17) is 4.74 Å². The number of hydrogen-bond acceptors (Lipinski definition) is 5. The molecule has 1 aromatic carbocycles. The van der Waals surface area contributed by atoms with Crippen molar-refractivity contribution < 1.29 is 9.53 Å². The van der Waals surface area contributed by atoms with Crippen LogP contribution in [0.5, 0.6) is 0 Å². The Labute approximate surface area is 133 Å². The fourth-order valence-electron chi connectivity index (χ4n) is 2.49.